The summed E-state index contributed by atoms with van der Waals surface area (Å²) < 4.78 is 35.1. The van der Waals surface area contributed by atoms with Crippen molar-refractivity contribution in [3.63, 3.8) is 0 Å². The third-order valence-electron chi connectivity index (χ3n) is 7.72. The second-order valence-corrected chi connectivity index (χ2v) is 10.2. The van der Waals surface area contributed by atoms with E-state index in [0.29, 0.717) is 19.8 Å². The zero-order valence-corrected chi connectivity index (χ0v) is 22.6. The van der Waals surface area contributed by atoms with Crippen LogP contribution >= 0.6 is 0 Å². The van der Waals surface area contributed by atoms with Crippen molar-refractivity contribution in [2.75, 3.05) is 33.4 Å². The van der Waals surface area contributed by atoms with Gasteiger partial charge in [-0.05, 0) is 67.8 Å². The van der Waals surface area contributed by atoms with Crippen molar-refractivity contribution in [3.05, 3.63) is 94.7 Å². The fourth-order valence-electron chi connectivity index (χ4n) is 5.34. The fraction of sp³-hybridized carbons (Fsp3) is 0.387. The molecule has 2 heterocycles. The lowest BCUT2D eigenvalue weighted by Crippen LogP contribution is -2.39. The summed E-state index contributed by atoms with van der Waals surface area (Å²) in [7, 11) is 3.51. The molecule has 1 fully saturated rings. The minimum atomic E-state index is -0.430. The zero-order valence-electron chi connectivity index (χ0n) is 22.6. The van der Waals surface area contributed by atoms with Gasteiger partial charge in [-0.2, -0.15) is 0 Å². The second kappa shape index (κ2) is 12.1. The van der Waals surface area contributed by atoms with Crippen LogP contribution in [0.25, 0.3) is 11.0 Å². The number of likely N-dealkylation sites (tertiary alicyclic amines) is 1. The van der Waals surface area contributed by atoms with E-state index in [2.05, 4.69) is 17.0 Å². The standard InChI is InChI=1S/C31H36FN3O4/c1-33-27-9-4-5-10-28(27)35(30(33)36)20-21-38-25-14-12-24(13-15-25)22-34-18-7-16-31(37-2,17-19-34)23-39-29-11-6-3-8-26(29)32/h3-6,8-15H,7,16-23H2,1-2H3/t31-/m1/s1. The molecule has 206 valence electrons. The van der Waals surface area contributed by atoms with E-state index >= 15 is 0 Å². The van der Waals surface area contributed by atoms with Crippen LogP contribution < -0.4 is 15.2 Å². The molecule has 0 unspecified atom stereocenters. The molecule has 39 heavy (non-hydrogen) atoms. The molecule has 0 bridgehead atoms. The molecule has 0 radical (unpaired) electrons. The maximum atomic E-state index is 14.0. The summed E-state index contributed by atoms with van der Waals surface area (Å²) in [5, 5.41) is 0. The number of imidazole rings is 1. The van der Waals surface area contributed by atoms with Gasteiger partial charge in [-0.15, -0.1) is 0 Å². The van der Waals surface area contributed by atoms with Gasteiger partial charge < -0.3 is 14.2 Å². The number of aromatic nitrogens is 2. The minimum Gasteiger partial charge on any atom is -0.492 e. The number of benzene rings is 3. The van der Waals surface area contributed by atoms with Crippen LogP contribution in [0.1, 0.15) is 24.8 Å². The summed E-state index contributed by atoms with van der Waals surface area (Å²) in [6.07, 6.45) is 2.65. The van der Waals surface area contributed by atoms with Crippen molar-refractivity contribution in [1.29, 1.82) is 0 Å². The number of para-hydroxylation sites is 3. The largest absolute Gasteiger partial charge is 0.492 e. The van der Waals surface area contributed by atoms with Crippen molar-refractivity contribution in [2.45, 2.75) is 38.0 Å². The fourth-order valence-corrected chi connectivity index (χ4v) is 5.34. The van der Waals surface area contributed by atoms with Gasteiger partial charge in [0.2, 0.25) is 0 Å². The third-order valence-corrected chi connectivity index (χ3v) is 7.72. The number of ether oxygens (including phenoxy) is 3. The van der Waals surface area contributed by atoms with Gasteiger partial charge in [-0.3, -0.25) is 14.0 Å². The van der Waals surface area contributed by atoms with Crippen LogP contribution in [0.5, 0.6) is 11.5 Å². The number of rotatable bonds is 10. The van der Waals surface area contributed by atoms with E-state index in [0.717, 1.165) is 55.7 Å². The van der Waals surface area contributed by atoms with Crippen molar-refractivity contribution < 1.29 is 18.6 Å². The van der Waals surface area contributed by atoms with E-state index in [1.807, 2.05) is 36.4 Å². The number of aryl methyl sites for hydroxylation is 1. The Kier molecular flexibility index (Phi) is 8.33. The first kappa shape index (κ1) is 27.0. The van der Waals surface area contributed by atoms with Crippen molar-refractivity contribution in [2.24, 2.45) is 7.05 Å². The summed E-state index contributed by atoms with van der Waals surface area (Å²) >= 11 is 0. The highest BCUT2D eigenvalue weighted by Crippen LogP contribution is 2.29. The molecule has 1 aliphatic heterocycles. The highest BCUT2D eigenvalue weighted by Gasteiger charge is 2.34. The Morgan fingerprint density at radius 2 is 1.64 bits per heavy atom. The number of fused-ring (bicyclic) bond motifs is 1. The Morgan fingerprint density at radius 1 is 0.897 bits per heavy atom. The van der Waals surface area contributed by atoms with Gasteiger partial charge in [-0.25, -0.2) is 9.18 Å². The Balaban J connectivity index is 1.12. The summed E-state index contributed by atoms with van der Waals surface area (Å²) in [4.78, 5) is 15.0. The Morgan fingerprint density at radius 3 is 2.41 bits per heavy atom. The van der Waals surface area contributed by atoms with Gasteiger partial charge in [0.15, 0.2) is 11.6 Å². The third kappa shape index (κ3) is 6.18. The van der Waals surface area contributed by atoms with Crippen LogP contribution in [-0.2, 0) is 24.9 Å². The van der Waals surface area contributed by atoms with Crippen molar-refractivity contribution >= 4 is 11.0 Å². The molecular weight excluding hydrogens is 497 g/mol. The summed E-state index contributed by atoms with van der Waals surface area (Å²) in [5.41, 5.74) is 2.57. The topological polar surface area (TPSA) is 57.9 Å². The quantitative estimate of drug-likeness (QED) is 0.287. The molecule has 1 saturated heterocycles. The Labute approximate surface area is 228 Å². The molecule has 4 aromatic rings. The highest BCUT2D eigenvalue weighted by molar-refractivity contribution is 5.75. The molecule has 0 saturated carbocycles. The number of hydrogen-bond acceptors (Lipinski definition) is 5. The van der Waals surface area contributed by atoms with Crippen LogP contribution in [-0.4, -0.2) is 53.0 Å². The van der Waals surface area contributed by atoms with E-state index in [1.165, 1.54) is 11.6 Å². The predicted octanol–water partition coefficient (Wildman–Crippen LogP) is 5.01. The molecule has 1 atom stereocenters. The van der Waals surface area contributed by atoms with E-state index in [-0.39, 0.29) is 17.3 Å². The van der Waals surface area contributed by atoms with Gasteiger partial charge in [0.1, 0.15) is 24.6 Å². The minimum absolute atomic E-state index is 0.0381. The monoisotopic (exact) mass is 533 g/mol. The zero-order chi connectivity index (χ0) is 27.2. The smallest absolute Gasteiger partial charge is 0.328 e. The molecule has 5 rings (SSSR count). The molecule has 3 aromatic carbocycles. The average Bonchev–Trinajstić information content (AvgIpc) is 3.08. The van der Waals surface area contributed by atoms with Crippen molar-refractivity contribution in [1.82, 2.24) is 14.0 Å². The number of methoxy groups -OCH3 is 1. The molecule has 7 nitrogen and oxygen atoms in total. The summed E-state index contributed by atoms with van der Waals surface area (Å²) in [6, 6.07) is 22.4. The van der Waals surface area contributed by atoms with Crippen LogP contribution in [0, 0.1) is 5.82 Å². The van der Waals surface area contributed by atoms with E-state index in [9.17, 15) is 9.18 Å². The molecule has 0 aliphatic carbocycles. The first-order valence-electron chi connectivity index (χ1n) is 13.5. The molecule has 0 N–H and O–H groups in total. The second-order valence-electron chi connectivity index (χ2n) is 10.2. The number of hydrogen-bond donors (Lipinski definition) is 0. The predicted molar refractivity (Wildman–Crippen MR) is 150 cm³/mol. The average molecular weight is 534 g/mol. The van der Waals surface area contributed by atoms with Crippen LogP contribution in [0.3, 0.4) is 0 Å². The molecule has 8 heteroatoms. The molecular formula is C31H36FN3O4. The van der Waals surface area contributed by atoms with Crippen molar-refractivity contribution in [3.8, 4) is 11.5 Å². The summed E-state index contributed by atoms with van der Waals surface area (Å²) in [5.74, 6) is 0.696. The Bertz CT molecular complexity index is 1450. The summed E-state index contributed by atoms with van der Waals surface area (Å²) in [6.45, 7) is 3.88. The SMILES string of the molecule is CO[C@]1(COc2ccccc2F)CCCN(Cc2ccc(OCCn3c(=O)n(C)c4ccccc43)cc2)CC1. The van der Waals surface area contributed by atoms with E-state index < -0.39 is 5.60 Å². The van der Waals surface area contributed by atoms with Gasteiger partial charge in [0, 0.05) is 27.2 Å². The first-order valence-corrected chi connectivity index (χ1v) is 13.5. The van der Waals surface area contributed by atoms with Gasteiger partial charge in [0.25, 0.3) is 0 Å². The maximum Gasteiger partial charge on any atom is 0.328 e. The molecule has 1 aromatic heterocycles. The first-order chi connectivity index (χ1) is 19.0. The van der Waals surface area contributed by atoms with Gasteiger partial charge in [-0.1, -0.05) is 36.4 Å². The van der Waals surface area contributed by atoms with Gasteiger partial charge >= 0.3 is 5.69 Å². The highest BCUT2D eigenvalue weighted by atomic mass is 19.1. The molecule has 1 aliphatic rings. The lowest BCUT2D eigenvalue weighted by Gasteiger charge is -2.31. The lowest BCUT2D eigenvalue weighted by atomic mass is 9.95. The van der Waals surface area contributed by atoms with E-state index in [4.69, 9.17) is 14.2 Å². The normalized spacial score (nSPS) is 18.2. The van der Waals surface area contributed by atoms with E-state index in [1.54, 1.807) is 41.5 Å². The number of nitrogens with zero attached hydrogens (tertiary/aromatic N) is 3. The van der Waals surface area contributed by atoms with Gasteiger partial charge in [0.05, 0.1) is 17.6 Å². The molecule has 0 amide bonds. The van der Waals surface area contributed by atoms with Crippen LogP contribution in [0.4, 0.5) is 4.39 Å². The van der Waals surface area contributed by atoms with Crippen LogP contribution in [0.2, 0.25) is 0 Å². The number of halogens is 1. The maximum absolute atomic E-state index is 14.0. The molecule has 0 spiro atoms. The Hall–Kier alpha value is -3.62. The van der Waals surface area contributed by atoms with Crippen LogP contribution in [0.15, 0.2) is 77.6 Å². The lowest BCUT2D eigenvalue weighted by molar-refractivity contribution is -0.0548.